The topological polar surface area (TPSA) is 74.3 Å². The van der Waals surface area contributed by atoms with Gasteiger partial charge in [0.2, 0.25) is 5.91 Å². The third kappa shape index (κ3) is 2.70. The first kappa shape index (κ1) is 13.4. The zero-order valence-electron chi connectivity index (χ0n) is 10.5. The summed E-state index contributed by atoms with van der Waals surface area (Å²) in [7, 11) is 1.51. The van der Waals surface area contributed by atoms with Gasteiger partial charge in [0.15, 0.2) is 5.82 Å². The Labute approximate surface area is 110 Å². The van der Waals surface area contributed by atoms with Crippen molar-refractivity contribution >= 4 is 11.8 Å². The molecule has 2 heterocycles. The van der Waals surface area contributed by atoms with E-state index in [0.29, 0.717) is 19.6 Å². The third-order valence-corrected chi connectivity index (χ3v) is 3.06. The van der Waals surface area contributed by atoms with Gasteiger partial charge in [-0.25, -0.2) is 4.39 Å². The van der Waals surface area contributed by atoms with Gasteiger partial charge in [-0.05, 0) is 6.07 Å². The lowest BCUT2D eigenvalue weighted by Crippen LogP contribution is -2.59. The Balaban J connectivity index is 2.25. The number of carbonyl (C=O) groups excluding carboxylic acids is 2. The van der Waals surface area contributed by atoms with Crippen LogP contribution >= 0.6 is 0 Å². The minimum Gasteiger partial charge on any atom is -0.357 e. The van der Waals surface area contributed by atoms with Crippen molar-refractivity contribution < 1.29 is 14.0 Å². The van der Waals surface area contributed by atoms with Crippen molar-refractivity contribution in [2.45, 2.75) is 6.04 Å². The Hall–Kier alpha value is -2.02. The van der Waals surface area contributed by atoms with Gasteiger partial charge in [0.05, 0.1) is 11.8 Å². The van der Waals surface area contributed by atoms with Crippen molar-refractivity contribution in [3.8, 4) is 0 Å². The van der Waals surface area contributed by atoms with Gasteiger partial charge in [-0.2, -0.15) is 0 Å². The van der Waals surface area contributed by atoms with E-state index in [1.165, 1.54) is 24.2 Å². The second-order valence-corrected chi connectivity index (χ2v) is 4.19. The summed E-state index contributed by atoms with van der Waals surface area (Å²) in [6.45, 7) is 1.29. The van der Waals surface area contributed by atoms with Gasteiger partial charge >= 0.3 is 0 Å². The number of hydrogen-bond donors (Lipinski definition) is 2. The standard InChI is InChI=1S/C12H15FN4O2/c1-14-11(18)10-7-16-4-5-17(10)12(19)8-2-3-15-6-9(8)13/h2-3,6,10,16H,4-5,7H2,1H3,(H,14,18). The number of amides is 2. The zero-order valence-corrected chi connectivity index (χ0v) is 10.5. The lowest BCUT2D eigenvalue weighted by molar-refractivity contribution is -0.125. The normalized spacial score (nSPS) is 19.1. The monoisotopic (exact) mass is 266 g/mol. The number of piperazine rings is 1. The molecule has 1 aromatic rings. The van der Waals surface area contributed by atoms with Crippen LogP contribution in [0.2, 0.25) is 0 Å². The van der Waals surface area contributed by atoms with Crippen molar-refractivity contribution in [3.63, 3.8) is 0 Å². The first-order valence-electron chi connectivity index (χ1n) is 5.98. The summed E-state index contributed by atoms with van der Waals surface area (Å²) in [6.07, 6.45) is 2.34. The predicted octanol–water partition coefficient (Wildman–Crippen LogP) is -0.619. The van der Waals surface area contributed by atoms with Crippen molar-refractivity contribution in [1.82, 2.24) is 20.5 Å². The number of nitrogens with one attached hydrogen (secondary N) is 2. The number of likely N-dealkylation sites (N-methyl/N-ethyl adjacent to an activating group) is 1. The lowest BCUT2D eigenvalue weighted by atomic mass is 10.1. The quantitative estimate of drug-likeness (QED) is 0.748. The fraction of sp³-hybridized carbons (Fsp3) is 0.417. The van der Waals surface area contributed by atoms with Crippen LogP contribution in [0.3, 0.4) is 0 Å². The van der Waals surface area contributed by atoms with Gasteiger partial charge in [0.1, 0.15) is 6.04 Å². The highest BCUT2D eigenvalue weighted by Crippen LogP contribution is 2.13. The second kappa shape index (κ2) is 5.75. The predicted molar refractivity (Wildman–Crippen MR) is 66.0 cm³/mol. The molecule has 2 N–H and O–H groups in total. The SMILES string of the molecule is CNC(=O)C1CNCCN1C(=O)c1ccncc1F. The minimum absolute atomic E-state index is 0.0641. The maximum Gasteiger partial charge on any atom is 0.257 e. The molecule has 0 spiro atoms. The molecule has 1 aromatic heterocycles. The van der Waals surface area contributed by atoms with Crippen molar-refractivity contribution in [1.29, 1.82) is 0 Å². The van der Waals surface area contributed by atoms with Crippen LogP contribution in [0.4, 0.5) is 4.39 Å². The smallest absolute Gasteiger partial charge is 0.257 e. The summed E-state index contributed by atoms with van der Waals surface area (Å²) in [5.41, 5.74) is -0.0641. The lowest BCUT2D eigenvalue weighted by Gasteiger charge is -2.34. The number of nitrogens with zero attached hydrogens (tertiary/aromatic N) is 2. The number of halogens is 1. The fourth-order valence-corrected chi connectivity index (χ4v) is 2.05. The Morgan fingerprint density at radius 2 is 2.37 bits per heavy atom. The summed E-state index contributed by atoms with van der Waals surface area (Å²) >= 11 is 0. The number of aromatic nitrogens is 1. The van der Waals surface area contributed by atoms with Gasteiger partial charge in [0, 0.05) is 32.9 Å². The van der Waals surface area contributed by atoms with E-state index in [-0.39, 0.29) is 11.5 Å². The van der Waals surface area contributed by atoms with E-state index in [4.69, 9.17) is 0 Å². The Bertz CT molecular complexity index is 494. The molecule has 0 radical (unpaired) electrons. The fourth-order valence-electron chi connectivity index (χ4n) is 2.05. The zero-order chi connectivity index (χ0) is 13.8. The summed E-state index contributed by atoms with van der Waals surface area (Å²) in [4.78, 5) is 29.0. The van der Waals surface area contributed by atoms with E-state index < -0.39 is 17.8 Å². The van der Waals surface area contributed by atoms with E-state index in [1.54, 1.807) is 0 Å². The number of carbonyl (C=O) groups is 2. The molecule has 1 saturated heterocycles. The van der Waals surface area contributed by atoms with Crippen LogP contribution in [0.1, 0.15) is 10.4 Å². The molecule has 0 bridgehead atoms. The van der Waals surface area contributed by atoms with E-state index in [9.17, 15) is 14.0 Å². The summed E-state index contributed by atoms with van der Waals surface area (Å²) in [5.74, 6) is -1.44. The van der Waals surface area contributed by atoms with E-state index in [0.717, 1.165) is 6.20 Å². The highest BCUT2D eigenvalue weighted by Gasteiger charge is 2.32. The second-order valence-electron chi connectivity index (χ2n) is 4.19. The molecule has 1 aliphatic heterocycles. The molecule has 2 amide bonds. The maximum absolute atomic E-state index is 13.6. The maximum atomic E-state index is 13.6. The molecule has 1 aliphatic rings. The summed E-state index contributed by atoms with van der Waals surface area (Å²) < 4.78 is 13.6. The van der Waals surface area contributed by atoms with E-state index in [1.807, 2.05) is 0 Å². The molecule has 1 atom stereocenters. The average molecular weight is 266 g/mol. The van der Waals surface area contributed by atoms with Crippen LogP contribution in [-0.4, -0.2) is 54.4 Å². The summed E-state index contributed by atoms with van der Waals surface area (Å²) in [6, 6.07) is 0.694. The number of hydrogen-bond acceptors (Lipinski definition) is 4. The molecule has 1 unspecified atom stereocenters. The molecular formula is C12H15FN4O2. The first-order valence-corrected chi connectivity index (χ1v) is 5.98. The van der Waals surface area contributed by atoms with Crippen LogP contribution in [0.15, 0.2) is 18.5 Å². The van der Waals surface area contributed by atoms with Crippen molar-refractivity contribution in [2.24, 2.45) is 0 Å². The summed E-state index contributed by atoms with van der Waals surface area (Å²) in [5, 5.41) is 5.55. The number of pyridine rings is 1. The van der Waals surface area contributed by atoms with Gasteiger partial charge in [0.25, 0.3) is 5.91 Å². The largest absolute Gasteiger partial charge is 0.357 e. The highest BCUT2D eigenvalue weighted by atomic mass is 19.1. The highest BCUT2D eigenvalue weighted by molar-refractivity contribution is 5.97. The van der Waals surface area contributed by atoms with E-state index in [2.05, 4.69) is 15.6 Å². The van der Waals surface area contributed by atoms with Gasteiger partial charge in [-0.15, -0.1) is 0 Å². The third-order valence-electron chi connectivity index (χ3n) is 3.06. The van der Waals surface area contributed by atoms with Crippen LogP contribution in [0.5, 0.6) is 0 Å². The molecule has 2 rings (SSSR count). The Morgan fingerprint density at radius 3 is 3.05 bits per heavy atom. The van der Waals surface area contributed by atoms with Crippen LogP contribution in [0, 0.1) is 5.82 Å². The van der Waals surface area contributed by atoms with Gasteiger partial charge < -0.3 is 15.5 Å². The van der Waals surface area contributed by atoms with E-state index >= 15 is 0 Å². The van der Waals surface area contributed by atoms with Crippen LogP contribution in [0.25, 0.3) is 0 Å². The molecule has 7 heteroatoms. The molecule has 0 aliphatic carbocycles. The Morgan fingerprint density at radius 1 is 1.58 bits per heavy atom. The molecule has 0 aromatic carbocycles. The average Bonchev–Trinajstić information content (AvgIpc) is 2.46. The molecule has 1 fully saturated rings. The molecule has 6 nitrogen and oxygen atoms in total. The first-order chi connectivity index (χ1) is 9.15. The Kier molecular flexibility index (Phi) is 4.06. The van der Waals surface area contributed by atoms with Crippen LogP contribution < -0.4 is 10.6 Å². The van der Waals surface area contributed by atoms with Crippen molar-refractivity contribution in [2.75, 3.05) is 26.7 Å². The number of rotatable bonds is 2. The molecule has 0 saturated carbocycles. The minimum atomic E-state index is -0.679. The van der Waals surface area contributed by atoms with Crippen LogP contribution in [-0.2, 0) is 4.79 Å². The molecule has 102 valence electrons. The van der Waals surface area contributed by atoms with Gasteiger partial charge in [-0.1, -0.05) is 0 Å². The van der Waals surface area contributed by atoms with Gasteiger partial charge in [-0.3, -0.25) is 14.6 Å². The van der Waals surface area contributed by atoms with Crippen molar-refractivity contribution in [3.05, 3.63) is 29.8 Å². The molecular weight excluding hydrogens is 251 g/mol. The molecule has 19 heavy (non-hydrogen) atoms.